The van der Waals surface area contributed by atoms with E-state index in [9.17, 15) is 0 Å². The van der Waals surface area contributed by atoms with E-state index in [1.54, 1.807) is 6.20 Å². The molecule has 1 fully saturated rings. The molecule has 2 rings (SSSR count). The van der Waals surface area contributed by atoms with Crippen molar-refractivity contribution in [3.63, 3.8) is 0 Å². The van der Waals surface area contributed by atoms with Crippen molar-refractivity contribution in [2.24, 2.45) is 0 Å². The number of aromatic nitrogens is 1. The third-order valence-electron chi connectivity index (χ3n) is 2.74. The SMILES string of the molecule is Cc1cc(N)cnc1NC1(C)CCOC1. The number of nitrogen functional groups attached to an aromatic ring is 1. The maximum atomic E-state index is 5.65. The normalized spacial score (nSPS) is 25.5. The summed E-state index contributed by atoms with van der Waals surface area (Å²) in [7, 11) is 0. The van der Waals surface area contributed by atoms with Gasteiger partial charge in [-0.05, 0) is 31.9 Å². The van der Waals surface area contributed by atoms with Gasteiger partial charge < -0.3 is 15.8 Å². The predicted molar refractivity (Wildman–Crippen MR) is 60.9 cm³/mol. The highest BCUT2D eigenvalue weighted by Gasteiger charge is 2.30. The van der Waals surface area contributed by atoms with Crippen LogP contribution in [0.4, 0.5) is 11.5 Å². The monoisotopic (exact) mass is 207 g/mol. The van der Waals surface area contributed by atoms with Gasteiger partial charge in [-0.15, -0.1) is 0 Å². The summed E-state index contributed by atoms with van der Waals surface area (Å²) >= 11 is 0. The standard InChI is InChI=1S/C11H17N3O/c1-8-5-9(12)6-13-10(8)14-11(2)3-4-15-7-11/h5-6H,3-4,7,12H2,1-2H3,(H,13,14). The first-order valence-electron chi connectivity index (χ1n) is 5.17. The molecule has 1 aliphatic rings. The van der Waals surface area contributed by atoms with Crippen molar-refractivity contribution in [1.29, 1.82) is 0 Å². The summed E-state index contributed by atoms with van der Waals surface area (Å²) in [5, 5.41) is 3.42. The van der Waals surface area contributed by atoms with Gasteiger partial charge in [-0.2, -0.15) is 0 Å². The van der Waals surface area contributed by atoms with Crippen LogP contribution in [-0.4, -0.2) is 23.7 Å². The van der Waals surface area contributed by atoms with E-state index in [1.165, 1.54) is 0 Å². The molecular formula is C11H17N3O. The smallest absolute Gasteiger partial charge is 0.129 e. The number of hydrogen-bond acceptors (Lipinski definition) is 4. The zero-order valence-electron chi connectivity index (χ0n) is 9.21. The minimum absolute atomic E-state index is 0.00781. The first-order valence-corrected chi connectivity index (χ1v) is 5.17. The van der Waals surface area contributed by atoms with E-state index in [2.05, 4.69) is 17.2 Å². The van der Waals surface area contributed by atoms with Crippen LogP contribution in [0.1, 0.15) is 18.9 Å². The minimum atomic E-state index is 0.00781. The fraction of sp³-hybridized carbons (Fsp3) is 0.545. The zero-order chi connectivity index (χ0) is 10.9. The summed E-state index contributed by atoms with van der Waals surface area (Å²) in [6.07, 6.45) is 2.69. The van der Waals surface area contributed by atoms with Crippen molar-refractivity contribution >= 4 is 11.5 Å². The number of ether oxygens (including phenoxy) is 1. The Bertz CT molecular complexity index is 359. The Morgan fingerprint density at radius 3 is 3.00 bits per heavy atom. The predicted octanol–water partition coefficient (Wildman–Crippen LogP) is 1.56. The molecule has 0 aromatic carbocycles. The maximum absolute atomic E-state index is 5.65. The Balaban J connectivity index is 2.16. The lowest BCUT2D eigenvalue weighted by molar-refractivity contribution is 0.185. The lowest BCUT2D eigenvalue weighted by Gasteiger charge is -2.25. The average molecular weight is 207 g/mol. The molecule has 2 heterocycles. The molecule has 1 aromatic heterocycles. The van der Waals surface area contributed by atoms with Crippen LogP contribution in [0.2, 0.25) is 0 Å². The highest BCUT2D eigenvalue weighted by molar-refractivity contribution is 5.52. The number of aryl methyl sites for hydroxylation is 1. The van der Waals surface area contributed by atoms with Gasteiger partial charge >= 0.3 is 0 Å². The highest BCUT2D eigenvalue weighted by atomic mass is 16.5. The van der Waals surface area contributed by atoms with E-state index in [0.29, 0.717) is 5.69 Å². The van der Waals surface area contributed by atoms with Gasteiger partial charge in [0, 0.05) is 6.61 Å². The van der Waals surface area contributed by atoms with Crippen molar-refractivity contribution in [3.05, 3.63) is 17.8 Å². The Hall–Kier alpha value is -1.29. The summed E-state index contributed by atoms with van der Waals surface area (Å²) in [4.78, 5) is 4.29. The van der Waals surface area contributed by atoms with Crippen LogP contribution in [0, 0.1) is 6.92 Å². The van der Waals surface area contributed by atoms with Crippen LogP contribution in [0.5, 0.6) is 0 Å². The van der Waals surface area contributed by atoms with Crippen LogP contribution < -0.4 is 11.1 Å². The van der Waals surface area contributed by atoms with Crippen LogP contribution in [0.15, 0.2) is 12.3 Å². The summed E-state index contributed by atoms with van der Waals surface area (Å²) in [6.45, 7) is 5.71. The molecule has 0 aliphatic carbocycles. The summed E-state index contributed by atoms with van der Waals surface area (Å²) < 4.78 is 5.38. The van der Waals surface area contributed by atoms with Gasteiger partial charge in [-0.3, -0.25) is 0 Å². The number of nitrogens with one attached hydrogen (secondary N) is 1. The molecule has 82 valence electrons. The fourth-order valence-corrected chi connectivity index (χ4v) is 1.78. The Morgan fingerprint density at radius 2 is 2.40 bits per heavy atom. The number of anilines is 2. The molecule has 0 saturated carbocycles. The molecule has 15 heavy (non-hydrogen) atoms. The van der Waals surface area contributed by atoms with Crippen molar-refractivity contribution in [1.82, 2.24) is 4.98 Å². The first-order chi connectivity index (χ1) is 7.09. The Labute approximate surface area is 89.8 Å². The second-order valence-electron chi connectivity index (χ2n) is 4.42. The van der Waals surface area contributed by atoms with Crippen molar-refractivity contribution in [2.45, 2.75) is 25.8 Å². The van der Waals surface area contributed by atoms with Crippen LogP contribution >= 0.6 is 0 Å². The minimum Gasteiger partial charge on any atom is -0.397 e. The van der Waals surface area contributed by atoms with Crippen molar-refractivity contribution in [2.75, 3.05) is 24.3 Å². The molecule has 0 bridgehead atoms. The molecular weight excluding hydrogens is 190 g/mol. The largest absolute Gasteiger partial charge is 0.397 e. The highest BCUT2D eigenvalue weighted by Crippen LogP contribution is 2.24. The molecule has 3 N–H and O–H groups in total. The van der Waals surface area contributed by atoms with Gasteiger partial charge in [-0.1, -0.05) is 0 Å². The van der Waals surface area contributed by atoms with E-state index in [-0.39, 0.29) is 5.54 Å². The van der Waals surface area contributed by atoms with E-state index < -0.39 is 0 Å². The van der Waals surface area contributed by atoms with Gasteiger partial charge in [-0.25, -0.2) is 4.98 Å². The van der Waals surface area contributed by atoms with E-state index in [0.717, 1.165) is 31.0 Å². The van der Waals surface area contributed by atoms with Gasteiger partial charge in [0.05, 0.1) is 24.0 Å². The molecule has 0 amide bonds. The molecule has 1 unspecified atom stereocenters. The molecule has 4 nitrogen and oxygen atoms in total. The Morgan fingerprint density at radius 1 is 1.60 bits per heavy atom. The quantitative estimate of drug-likeness (QED) is 0.772. The third-order valence-corrected chi connectivity index (χ3v) is 2.74. The molecule has 4 heteroatoms. The third kappa shape index (κ3) is 2.21. The van der Waals surface area contributed by atoms with Gasteiger partial charge in [0.1, 0.15) is 5.82 Å². The van der Waals surface area contributed by atoms with E-state index in [1.807, 2.05) is 13.0 Å². The van der Waals surface area contributed by atoms with E-state index in [4.69, 9.17) is 10.5 Å². The van der Waals surface area contributed by atoms with Crippen molar-refractivity contribution < 1.29 is 4.74 Å². The number of pyridine rings is 1. The first kappa shape index (κ1) is 10.2. The summed E-state index contributed by atoms with van der Waals surface area (Å²) in [5.74, 6) is 0.900. The molecule has 1 saturated heterocycles. The second-order valence-corrected chi connectivity index (χ2v) is 4.42. The average Bonchev–Trinajstić information content (AvgIpc) is 2.58. The molecule has 0 spiro atoms. The van der Waals surface area contributed by atoms with Gasteiger partial charge in [0.15, 0.2) is 0 Å². The van der Waals surface area contributed by atoms with Crippen LogP contribution in [0.3, 0.4) is 0 Å². The van der Waals surface area contributed by atoms with Crippen molar-refractivity contribution in [3.8, 4) is 0 Å². The molecule has 1 atom stereocenters. The van der Waals surface area contributed by atoms with E-state index >= 15 is 0 Å². The lowest BCUT2D eigenvalue weighted by Crippen LogP contribution is -2.35. The molecule has 1 aromatic rings. The van der Waals surface area contributed by atoms with Gasteiger partial charge in [0.2, 0.25) is 0 Å². The topological polar surface area (TPSA) is 60.2 Å². The van der Waals surface area contributed by atoms with Gasteiger partial charge in [0.25, 0.3) is 0 Å². The fourth-order valence-electron chi connectivity index (χ4n) is 1.78. The maximum Gasteiger partial charge on any atom is 0.129 e. The number of nitrogens with two attached hydrogens (primary N) is 1. The molecule has 1 aliphatic heterocycles. The lowest BCUT2D eigenvalue weighted by atomic mass is 10.0. The molecule has 0 radical (unpaired) electrons. The second kappa shape index (κ2) is 3.70. The van der Waals surface area contributed by atoms with Crippen LogP contribution in [0.25, 0.3) is 0 Å². The number of nitrogens with zero attached hydrogens (tertiary/aromatic N) is 1. The number of hydrogen-bond donors (Lipinski definition) is 2. The van der Waals surface area contributed by atoms with Crippen LogP contribution in [-0.2, 0) is 4.74 Å². The zero-order valence-corrected chi connectivity index (χ0v) is 9.21. The Kier molecular flexibility index (Phi) is 2.52. The number of rotatable bonds is 2. The summed E-state index contributed by atoms with van der Waals surface area (Å²) in [5.41, 5.74) is 7.43. The summed E-state index contributed by atoms with van der Waals surface area (Å²) in [6, 6.07) is 1.93.